The Bertz CT molecular complexity index is 1180. The zero-order valence-electron chi connectivity index (χ0n) is 15.7. The van der Waals surface area contributed by atoms with Crippen molar-refractivity contribution >= 4 is 43.1 Å². The highest BCUT2D eigenvalue weighted by molar-refractivity contribution is 9.11. The smallest absolute Gasteiger partial charge is 0.271 e. The van der Waals surface area contributed by atoms with Gasteiger partial charge in [0.05, 0.1) is 9.47 Å². The van der Waals surface area contributed by atoms with Gasteiger partial charge in [0.15, 0.2) is 0 Å². The van der Waals surface area contributed by atoms with Gasteiger partial charge in [-0.25, -0.2) is 8.42 Å². The average Bonchev–Trinajstić information content (AvgIpc) is 3.16. The fourth-order valence-electron chi connectivity index (χ4n) is 3.16. The van der Waals surface area contributed by atoms with Gasteiger partial charge in [-0.1, -0.05) is 17.7 Å². The summed E-state index contributed by atoms with van der Waals surface area (Å²) in [6.45, 7) is 3.72. The topological polar surface area (TPSA) is 75.5 Å². The number of thiophene rings is 1. The number of anilines is 1. The third-order valence-electron chi connectivity index (χ3n) is 4.77. The molecule has 3 heterocycles. The van der Waals surface area contributed by atoms with Crippen molar-refractivity contribution in [2.45, 2.75) is 11.1 Å². The summed E-state index contributed by atoms with van der Waals surface area (Å²) < 4.78 is 29.6. The molecule has 1 aliphatic rings. The summed E-state index contributed by atoms with van der Waals surface area (Å²) in [5.74, 6) is 0.654. The molecule has 0 saturated carbocycles. The van der Waals surface area contributed by atoms with Crippen molar-refractivity contribution in [2.24, 2.45) is 0 Å². The molecule has 1 fully saturated rings. The second-order valence-corrected chi connectivity index (χ2v) is 11.4. The Kier molecular flexibility index (Phi) is 5.60. The summed E-state index contributed by atoms with van der Waals surface area (Å²) in [5.41, 5.74) is 1.60. The van der Waals surface area contributed by atoms with E-state index in [1.54, 1.807) is 18.2 Å². The van der Waals surface area contributed by atoms with Gasteiger partial charge in [-0.15, -0.1) is 16.4 Å². The number of aryl methyl sites for hydroxylation is 1. The minimum atomic E-state index is -3.49. The van der Waals surface area contributed by atoms with Gasteiger partial charge < -0.3 is 4.90 Å². The summed E-state index contributed by atoms with van der Waals surface area (Å²) in [6, 6.07) is 14.1. The van der Waals surface area contributed by atoms with Gasteiger partial charge in [0.25, 0.3) is 15.6 Å². The van der Waals surface area contributed by atoms with Crippen molar-refractivity contribution in [3.05, 3.63) is 68.2 Å². The summed E-state index contributed by atoms with van der Waals surface area (Å²) in [7, 11) is -3.49. The molecule has 4 rings (SSSR count). The lowest BCUT2D eigenvalue weighted by atomic mass is 10.2. The second kappa shape index (κ2) is 8.02. The fourth-order valence-corrected chi connectivity index (χ4v) is 6.75. The third kappa shape index (κ3) is 4.16. The number of aromatic nitrogens is 2. The Hall–Kier alpha value is -2.01. The Labute approximate surface area is 181 Å². The first-order valence-corrected chi connectivity index (χ1v) is 12.1. The van der Waals surface area contributed by atoms with Crippen molar-refractivity contribution in [1.82, 2.24) is 14.1 Å². The average molecular weight is 495 g/mol. The summed E-state index contributed by atoms with van der Waals surface area (Å²) in [5, 5.41) is 4.50. The molecule has 1 aliphatic heterocycles. The van der Waals surface area contributed by atoms with Crippen molar-refractivity contribution in [3.8, 4) is 5.69 Å². The number of nitrogens with zero attached hydrogens (tertiary/aromatic N) is 4. The number of hydrogen-bond acceptors (Lipinski definition) is 6. The lowest BCUT2D eigenvalue weighted by Crippen LogP contribution is -2.49. The van der Waals surface area contributed by atoms with Crippen LogP contribution in [-0.2, 0) is 10.0 Å². The first kappa shape index (κ1) is 20.3. The molecule has 0 atom stereocenters. The predicted octanol–water partition coefficient (Wildman–Crippen LogP) is 2.88. The van der Waals surface area contributed by atoms with Crippen LogP contribution in [0.1, 0.15) is 5.56 Å². The Balaban J connectivity index is 1.52. The third-order valence-corrected chi connectivity index (χ3v) is 8.76. The van der Waals surface area contributed by atoms with E-state index in [4.69, 9.17) is 0 Å². The van der Waals surface area contributed by atoms with Crippen LogP contribution in [0.25, 0.3) is 5.69 Å². The van der Waals surface area contributed by atoms with Gasteiger partial charge in [-0.3, -0.25) is 4.79 Å². The summed E-state index contributed by atoms with van der Waals surface area (Å²) in [4.78, 5) is 14.3. The van der Waals surface area contributed by atoms with Crippen LogP contribution in [0.5, 0.6) is 0 Å². The van der Waals surface area contributed by atoms with Crippen LogP contribution in [-0.4, -0.2) is 48.7 Å². The molecule has 0 radical (unpaired) electrons. The molecule has 3 aromatic rings. The molecule has 0 aliphatic carbocycles. The molecule has 0 N–H and O–H groups in total. The van der Waals surface area contributed by atoms with E-state index >= 15 is 0 Å². The maximum absolute atomic E-state index is 12.8. The van der Waals surface area contributed by atoms with Crippen LogP contribution in [0.2, 0.25) is 0 Å². The quantitative estimate of drug-likeness (QED) is 0.557. The van der Waals surface area contributed by atoms with Gasteiger partial charge in [0.1, 0.15) is 10.0 Å². The molecule has 1 aromatic carbocycles. The first-order chi connectivity index (χ1) is 13.8. The van der Waals surface area contributed by atoms with E-state index in [1.165, 1.54) is 26.4 Å². The van der Waals surface area contributed by atoms with Crippen molar-refractivity contribution < 1.29 is 8.42 Å². The predicted molar refractivity (Wildman–Crippen MR) is 118 cm³/mol. The standard InChI is InChI=1S/C19H19BrN4O3S2/c1-14-2-4-15(5-3-14)24-18(25)8-7-17(21-24)22-10-12-23(13-11-22)29(26,27)19-9-6-16(20)28-19/h2-9H,10-13H2,1H3. The number of halogens is 1. The van der Waals surface area contributed by atoms with E-state index in [0.29, 0.717) is 41.9 Å². The number of sulfonamides is 1. The first-order valence-electron chi connectivity index (χ1n) is 9.02. The highest BCUT2D eigenvalue weighted by atomic mass is 79.9. The van der Waals surface area contributed by atoms with Gasteiger partial charge in [-0.2, -0.15) is 8.99 Å². The Morgan fingerprint density at radius 1 is 0.966 bits per heavy atom. The molecule has 7 nitrogen and oxygen atoms in total. The van der Waals surface area contributed by atoms with E-state index in [9.17, 15) is 13.2 Å². The molecular weight excluding hydrogens is 476 g/mol. The number of rotatable bonds is 4. The molecule has 29 heavy (non-hydrogen) atoms. The second-order valence-electron chi connectivity index (χ2n) is 6.73. The molecule has 1 saturated heterocycles. The molecule has 0 unspecified atom stereocenters. The van der Waals surface area contributed by atoms with Crippen LogP contribution < -0.4 is 10.5 Å². The summed E-state index contributed by atoms with van der Waals surface area (Å²) in [6.07, 6.45) is 0. The van der Waals surface area contributed by atoms with E-state index in [1.807, 2.05) is 36.1 Å². The minimum Gasteiger partial charge on any atom is -0.353 e. The van der Waals surface area contributed by atoms with Crippen LogP contribution in [0.15, 0.2) is 61.3 Å². The van der Waals surface area contributed by atoms with Gasteiger partial charge >= 0.3 is 0 Å². The van der Waals surface area contributed by atoms with Crippen LogP contribution in [0.3, 0.4) is 0 Å². The molecule has 0 spiro atoms. The zero-order valence-corrected chi connectivity index (χ0v) is 18.9. The van der Waals surface area contributed by atoms with Crippen LogP contribution in [0.4, 0.5) is 5.82 Å². The van der Waals surface area contributed by atoms with Crippen LogP contribution >= 0.6 is 27.3 Å². The molecule has 2 aromatic heterocycles. The molecule has 0 amide bonds. The fraction of sp³-hybridized carbons (Fsp3) is 0.263. The number of hydrogen-bond donors (Lipinski definition) is 0. The number of benzene rings is 1. The van der Waals surface area contributed by atoms with Gasteiger partial charge in [-0.05, 0) is 53.2 Å². The van der Waals surface area contributed by atoms with E-state index in [2.05, 4.69) is 21.0 Å². The zero-order chi connectivity index (χ0) is 20.6. The SMILES string of the molecule is Cc1ccc(-n2nc(N3CCN(S(=O)(=O)c4ccc(Br)s4)CC3)ccc2=O)cc1. The minimum absolute atomic E-state index is 0.206. The number of piperazine rings is 1. The van der Waals surface area contributed by atoms with Gasteiger partial charge in [0, 0.05) is 32.2 Å². The molecule has 152 valence electrons. The molecular formula is C19H19BrN4O3S2. The summed E-state index contributed by atoms with van der Waals surface area (Å²) >= 11 is 4.53. The van der Waals surface area contributed by atoms with Gasteiger partial charge in [0.2, 0.25) is 0 Å². The lowest BCUT2D eigenvalue weighted by Gasteiger charge is -2.34. The Morgan fingerprint density at radius 3 is 2.28 bits per heavy atom. The van der Waals surface area contributed by atoms with Crippen LogP contribution in [0, 0.1) is 6.92 Å². The van der Waals surface area contributed by atoms with Crippen molar-refractivity contribution in [2.75, 3.05) is 31.1 Å². The maximum atomic E-state index is 12.8. The molecule has 10 heteroatoms. The highest BCUT2D eigenvalue weighted by Crippen LogP contribution is 2.29. The maximum Gasteiger partial charge on any atom is 0.271 e. The van der Waals surface area contributed by atoms with Crippen molar-refractivity contribution in [3.63, 3.8) is 0 Å². The highest BCUT2D eigenvalue weighted by Gasteiger charge is 2.30. The van der Waals surface area contributed by atoms with E-state index < -0.39 is 10.0 Å². The lowest BCUT2D eigenvalue weighted by molar-refractivity contribution is 0.384. The van der Waals surface area contributed by atoms with E-state index in [-0.39, 0.29) is 5.56 Å². The molecule has 0 bridgehead atoms. The monoisotopic (exact) mass is 494 g/mol. The normalized spacial score (nSPS) is 15.6. The van der Waals surface area contributed by atoms with E-state index in [0.717, 1.165) is 9.35 Å². The van der Waals surface area contributed by atoms with Crippen molar-refractivity contribution in [1.29, 1.82) is 0 Å². The Morgan fingerprint density at radius 2 is 1.66 bits per heavy atom. The largest absolute Gasteiger partial charge is 0.353 e.